The first-order valence-corrected chi connectivity index (χ1v) is 6.96. The molecule has 0 saturated carbocycles. The molecule has 114 valence electrons. The Labute approximate surface area is 117 Å². The van der Waals surface area contributed by atoms with Crippen molar-refractivity contribution in [1.82, 2.24) is 0 Å². The first-order chi connectivity index (χ1) is 8.63. The Hall–Kier alpha value is -0.610. The molecule has 0 unspecified atom stereocenters. The lowest BCUT2D eigenvalue weighted by atomic mass is 9.93. The highest BCUT2D eigenvalue weighted by Crippen LogP contribution is 2.17. The molecule has 0 amide bonds. The lowest BCUT2D eigenvalue weighted by Crippen LogP contribution is -2.24. The average Bonchev–Trinajstić information content (AvgIpc) is 2.23. The van der Waals surface area contributed by atoms with Crippen LogP contribution in [0.4, 0.5) is 0 Å². The summed E-state index contributed by atoms with van der Waals surface area (Å²) in [5.41, 5.74) is -0.141. The minimum Gasteiger partial charge on any atom is -0.463 e. The van der Waals surface area contributed by atoms with E-state index in [2.05, 4.69) is 20.8 Å². The molecule has 0 aliphatic carbocycles. The quantitative estimate of drug-likeness (QED) is 0.504. The van der Waals surface area contributed by atoms with Gasteiger partial charge in [-0.1, -0.05) is 20.8 Å². The van der Waals surface area contributed by atoms with Crippen molar-refractivity contribution in [3.63, 3.8) is 0 Å². The lowest BCUT2D eigenvalue weighted by molar-refractivity contribution is -0.154. The molecule has 0 aromatic rings. The minimum atomic E-state index is -0.448. The van der Waals surface area contributed by atoms with E-state index in [0.29, 0.717) is 31.8 Å². The molecule has 0 N–H and O–H groups in total. The Balaban J connectivity index is 3.31. The number of carbonyl (C=O) groups excluding carboxylic acids is 1. The first-order valence-electron chi connectivity index (χ1n) is 6.96. The summed E-state index contributed by atoms with van der Waals surface area (Å²) in [7, 11) is 0. The van der Waals surface area contributed by atoms with Crippen molar-refractivity contribution in [2.75, 3.05) is 33.0 Å². The fourth-order valence-electron chi connectivity index (χ4n) is 1.11. The second kappa shape index (κ2) is 8.54. The predicted octanol–water partition coefficient (Wildman–Crippen LogP) is 3.05. The largest absolute Gasteiger partial charge is 0.463 e. The topological polar surface area (TPSA) is 44.8 Å². The summed E-state index contributed by atoms with van der Waals surface area (Å²) in [6, 6.07) is 0. The van der Waals surface area contributed by atoms with Crippen molar-refractivity contribution in [3.8, 4) is 0 Å². The minimum absolute atomic E-state index is 0.197. The lowest BCUT2D eigenvalue weighted by Gasteiger charge is -2.18. The van der Waals surface area contributed by atoms with E-state index in [1.54, 1.807) is 0 Å². The molecule has 0 atom stereocenters. The van der Waals surface area contributed by atoms with Gasteiger partial charge in [0.05, 0.1) is 25.2 Å². The number of hydrogen-bond acceptors (Lipinski definition) is 4. The van der Waals surface area contributed by atoms with E-state index in [1.807, 2.05) is 20.8 Å². The SMILES string of the molecule is CC(C)(C)CCOCCOCCOC(=O)C(C)(C)C. The smallest absolute Gasteiger partial charge is 0.311 e. The maximum Gasteiger partial charge on any atom is 0.311 e. The Kier molecular flexibility index (Phi) is 8.26. The van der Waals surface area contributed by atoms with Gasteiger partial charge in [0.2, 0.25) is 0 Å². The second-order valence-corrected chi connectivity index (χ2v) is 6.92. The van der Waals surface area contributed by atoms with Crippen LogP contribution >= 0.6 is 0 Å². The van der Waals surface area contributed by atoms with Crippen LogP contribution in [0.15, 0.2) is 0 Å². The molecule has 4 nitrogen and oxygen atoms in total. The van der Waals surface area contributed by atoms with Crippen molar-refractivity contribution < 1.29 is 19.0 Å². The van der Waals surface area contributed by atoms with Gasteiger partial charge in [-0.3, -0.25) is 4.79 Å². The monoisotopic (exact) mass is 274 g/mol. The van der Waals surface area contributed by atoms with Gasteiger partial charge in [0.15, 0.2) is 0 Å². The van der Waals surface area contributed by atoms with Crippen LogP contribution in [0.5, 0.6) is 0 Å². The van der Waals surface area contributed by atoms with Gasteiger partial charge in [0.1, 0.15) is 6.61 Å². The van der Waals surface area contributed by atoms with E-state index < -0.39 is 5.41 Å². The van der Waals surface area contributed by atoms with Gasteiger partial charge in [-0.15, -0.1) is 0 Å². The molecule has 0 bridgehead atoms. The highest BCUT2D eigenvalue weighted by molar-refractivity contribution is 5.75. The molecule has 0 aliphatic rings. The highest BCUT2D eigenvalue weighted by atomic mass is 16.6. The summed E-state index contributed by atoms with van der Waals surface area (Å²) in [4.78, 5) is 11.4. The van der Waals surface area contributed by atoms with E-state index >= 15 is 0 Å². The summed E-state index contributed by atoms with van der Waals surface area (Å²) in [5.74, 6) is -0.197. The molecule has 0 spiro atoms. The van der Waals surface area contributed by atoms with Gasteiger partial charge in [-0.05, 0) is 32.6 Å². The highest BCUT2D eigenvalue weighted by Gasteiger charge is 2.22. The Bertz CT molecular complexity index is 248. The Morgan fingerprint density at radius 2 is 1.26 bits per heavy atom. The Morgan fingerprint density at radius 1 is 0.789 bits per heavy atom. The van der Waals surface area contributed by atoms with Gasteiger partial charge in [0.25, 0.3) is 0 Å². The van der Waals surface area contributed by atoms with Crippen LogP contribution in [-0.2, 0) is 19.0 Å². The van der Waals surface area contributed by atoms with Crippen LogP contribution in [0, 0.1) is 10.8 Å². The molecule has 0 aliphatic heterocycles. The zero-order valence-electron chi connectivity index (χ0n) is 13.4. The molecule has 4 heteroatoms. The third-order valence-electron chi connectivity index (χ3n) is 2.44. The van der Waals surface area contributed by atoms with E-state index in [0.717, 1.165) is 13.0 Å². The van der Waals surface area contributed by atoms with Crippen LogP contribution in [0.2, 0.25) is 0 Å². The van der Waals surface area contributed by atoms with E-state index in [1.165, 1.54) is 0 Å². The summed E-state index contributed by atoms with van der Waals surface area (Å²) < 4.78 is 15.9. The molecule has 0 radical (unpaired) electrons. The van der Waals surface area contributed by atoms with Crippen LogP contribution < -0.4 is 0 Å². The van der Waals surface area contributed by atoms with E-state index in [9.17, 15) is 4.79 Å². The maximum absolute atomic E-state index is 11.4. The summed E-state index contributed by atoms with van der Waals surface area (Å²) in [6.45, 7) is 14.7. The molecule has 0 heterocycles. The third kappa shape index (κ3) is 12.2. The first kappa shape index (κ1) is 18.4. The third-order valence-corrected chi connectivity index (χ3v) is 2.44. The number of rotatable bonds is 8. The summed E-state index contributed by atoms with van der Waals surface area (Å²) in [5, 5.41) is 0. The molecule has 0 rings (SSSR count). The van der Waals surface area contributed by atoms with E-state index in [-0.39, 0.29) is 5.97 Å². The van der Waals surface area contributed by atoms with Crippen LogP contribution in [0.25, 0.3) is 0 Å². The standard InChI is InChI=1S/C15H30O4/c1-14(2,3)7-8-17-9-10-18-11-12-19-13(16)15(4,5)6/h7-12H2,1-6H3. The average molecular weight is 274 g/mol. The van der Waals surface area contributed by atoms with Gasteiger partial charge < -0.3 is 14.2 Å². The fraction of sp³-hybridized carbons (Fsp3) is 0.933. The zero-order valence-corrected chi connectivity index (χ0v) is 13.4. The number of carbonyl (C=O) groups is 1. The van der Waals surface area contributed by atoms with Crippen molar-refractivity contribution >= 4 is 5.97 Å². The van der Waals surface area contributed by atoms with E-state index in [4.69, 9.17) is 14.2 Å². The molecule has 0 saturated heterocycles. The molecule has 19 heavy (non-hydrogen) atoms. The number of ether oxygens (including phenoxy) is 3. The van der Waals surface area contributed by atoms with Crippen LogP contribution in [0.3, 0.4) is 0 Å². The maximum atomic E-state index is 11.4. The number of esters is 1. The summed E-state index contributed by atoms with van der Waals surface area (Å²) >= 11 is 0. The summed E-state index contributed by atoms with van der Waals surface area (Å²) in [6.07, 6.45) is 1.04. The van der Waals surface area contributed by atoms with Crippen LogP contribution in [-0.4, -0.2) is 39.0 Å². The Morgan fingerprint density at radius 3 is 1.74 bits per heavy atom. The molecule has 0 aromatic heterocycles. The van der Waals surface area contributed by atoms with Gasteiger partial charge in [0, 0.05) is 6.61 Å². The molecular weight excluding hydrogens is 244 g/mol. The predicted molar refractivity (Wildman–Crippen MR) is 76.1 cm³/mol. The molecule has 0 fully saturated rings. The fourth-order valence-corrected chi connectivity index (χ4v) is 1.11. The second-order valence-electron chi connectivity index (χ2n) is 6.92. The van der Waals surface area contributed by atoms with Crippen molar-refractivity contribution in [2.24, 2.45) is 10.8 Å². The molecular formula is C15H30O4. The van der Waals surface area contributed by atoms with Gasteiger partial charge in [-0.2, -0.15) is 0 Å². The van der Waals surface area contributed by atoms with Crippen molar-refractivity contribution in [1.29, 1.82) is 0 Å². The van der Waals surface area contributed by atoms with Crippen molar-refractivity contribution in [2.45, 2.75) is 48.0 Å². The number of hydrogen-bond donors (Lipinski definition) is 0. The normalized spacial score (nSPS) is 12.5. The van der Waals surface area contributed by atoms with Gasteiger partial charge >= 0.3 is 5.97 Å². The zero-order chi connectivity index (χ0) is 14.9. The van der Waals surface area contributed by atoms with Gasteiger partial charge in [-0.25, -0.2) is 0 Å². The molecule has 0 aromatic carbocycles. The van der Waals surface area contributed by atoms with Crippen molar-refractivity contribution in [3.05, 3.63) is 0 Å². The van der Waals surface area contributed by atoms with Crippen LogP contribution in [0.1, 0.15) is 48.0 Å².